The predicted molar refractivity (Wildman–Crippen MR) is 42.8 cm³/mol. The molecule has 3 nitrogen and oxygen atoms in total. The van der Waals surface area contributed by atoms with Crippen LogP contribution in [-0.2, 0) is 6.61 Å². The minimum absolute atomic E-state index is 0.0142. The highest BCUT2D eigenvalue weighted by Gasteiger charge is 2.07. The van der Waals surface area contributed by atoms with E-state index < -0.39 is 0 Å². The Labute approximate surface area is 69.9 Å². The maximum atomic E-state index is 8.82. The van der Waals surface area contributed by atoms with Gasteiger partial charge in [0.2, 0.25) is 0 Å². The van der Waals surface area contributed by atoms with Gasteiger partial charge in [0.25, 0.3) is 0 Å². The second-order valence-corrected chi connectivity index (χ2v) is 2.45. The van der Waals surface area contributed by atoms with Crippen LogP contribution in [-0.4, -0.2) is 5.11 Å². The Kier molecular flexibility index (Phi) is 1.72. The van der Waals surface area contributed by atoms with Crippen molar-refractivity contribution in [2.75, 3.05) is 0 Å². The van der Waals surface area contributed by atoms with E-state index in [-0.39, 0.29) is 6.61 Å². The van der Waals surface area contributed by atoms with Crippen LogP contribution >= 0.6 is 0 Å². The SMILES string of the molecule is OCc1ccc2c(c1)OC=CO2. The zero-order chi connectivity index (χ0) is 8.39. The zero-order valence-corrected chi connectivity index (χ0v) is 6.36. The molecule has 0 fully saturated rings. The smallest absolute Gasteiger partial charge is 0.169 e. The number of benzene rings is 1. The van der Waals surface area contributed by atoms with Crippen LogP contribution in [0.2, 0.25) is 0 Å². The molecular formula is C9H8O3. The third-order valence-electron chi connectivity index (χ3n) is 1.64. The molecule has 0 amide bonds. The van der Waals surface area contributed by atoms with Gasteiger partial charge in [0.15, 0.2) is 11.5 Å². The van der Waals surface area contributed by atoms with Crippen molar-refractivity contribution >= 4 is 0 Å². The molecule has 0 saturated heterocycles. The number of fused-ring (bicyclic) bond motifs is 1. The van der Waals surface area contributed by atoms with Crippen molar-refractivity contribution < 1.29 is 14.6 Å². The molecule has 3 heteroatoms. The Bertz CT molecular complexity index is 318. The Morgan fingerprint density at radius 1 is 1.08 bits per heavy atom. The minimum atomic E-state index is 0.0142. The average molecular weight is 164 g/mol. The summed E-state index contributed by atoms with van der Waals surface area (Å²) in [5, 5.41) is 8.82. The van der Waals surface area contributed by atoms with Gasteiger partial charge in [-0.25, -0.2) is 0 Å². The fraction of sp³-hybridized carbons (Fsp3) is 0.111. The summed E-state index contributed by atoms with van der Waals surface area (Å²) in [5.41, 5.74) is 0.813. The van der Waals surface area contributed by atoms with Gasteiger partial charge in [0, 0.05) is 0 Å². The lowest BCUT2D eigenvalue weighted by Gasteiger charge is -2.12. The Morgan fingerprint density at radius 3 is 2.58 bits per heavy atom. The molecule has 1 aromatic rings. The monoisotopic (exact) mass is 164 g/mol. The molecule has 0 aliphatic carbocycles. The van der Waals surface area contributed by atoms with Gasteiger partial charge in [0.05, 0.1) is 6.61 Å². The first-order valence-electron chi connectivity index (χ1n) is 3.62. The zero-order valence-electron chi connectivity index (χ0n) is 6.36. The van der Waals surface area contributed by atoms with Crippen LogP contribution < -0.4 is 9.47 Å². The topological polar surface area (TPSA) is 38.7 Å². The minimum Gasteiger partial charge on any atom is -0.458 e. The molecule has 0 aromatic heterocycles. The first-order chi connectivity index (χ1) is 5.90. The highest BCUT2D eigenvalue weighted by Crippen LogP contribution is 2.30. The fourth-order valence-corrected chi connectivity index (χ4v) is 1.04. The molecule has 0 bridgehead atoms. The molecule has 1 aliphatic rings. The summed E-state index contributed by atoms with van der Waals surface area (Å²) in [6.45, 7) is 0.0142. The second kappa shape index (κ2) is 2.87. The molecule has 0 atom stereocenters. The summed E-state index contributed by atoms with van der Waals surface area (Å²) in [5.74, 6) is 1.32. The van der Waals surface area contributed by atoms with Crippen molar-refractivity contribution in [3.63, 3.8) is 0 Å². The maximum Gasteiger partial charge on any atom is 0.169 e. The van der Waals surface area contributed by atoms with Crippen LogP contribution in [0, 0.1) is 0 Å². The molecule has 1 heterocycles. The molecule has 2 rings (SSSR count). The normalized spacial score (nSPS) is 13.1. The van der Waals surface area contributed by atoms with Gasteiger partial charge in [-0.15, -0.1) is 0 Å². The number of aliphatic hydroxyl groups excluding tert-OH is 1. The third-order valence-corrected chi connectivity index (χ3v) is 1.64. The molecule has 0 spiro atoms. The number of aliphatic hydroxyl groups is 1. The largest absolute Gasteiger partial charge is 0.458 e. The molecule has 1 N–H and O–H groups in total. The van der Waals surface area contributed by atoms with Gasteiger partial charge in [-0.05, 0) is 17.7 Å². The van der Waals surface area contributed by atoms with Gasteiger partial charge < -0.3 is 14.6 Å². The van der Waals surface area contributed by atoms with E-state index >= 15 is 0 Å². The van der Waals surface area contributed by atoms with E-state index in [2.05, 4.69) is 0 Å². The van der Waals surface area contributed by atoms with E-state index in [0.717, 1.165) is 5.56 Å². The van der Waals surface area contributed by atoms with Crippen molar-refractivity contribution in [3.05, 3.63) is 36.3 Å². The van der Waals surface area contributed by atoms with Gasteiger partial charge in [0.1, 0.15) is 12.5 Å². The molecule has 0 saturated carbocycles. The van der Waals surface area contributed by atoms with Crippen molar-refractivity contribution in [1.82, 2.24) is 0 Å². The van der Waals surface area contributed by atoms with Gasteiger partial charge in [-0.1, -0.05) is 6.07 Å². The first kappa shape index (κ1) is 7.18. The molecule has 12 heavy (non-hydrogen) atoms. The van der Waals surface area contributed by atoms with E-state index in [0.29, 0.717) is 11.5 Å². The lowest BCUT2D eigenvalue weighted by molar-refractivity contribution is 0.280. The van der Waals surface area contributed by atoms with Crippen molar-refractivity contribution in [1.29, 1.82) is 0 Å². The standard InChI is InChI=1S/C9H8O3/c10-6-7-1-2-8-9(5-7)12-4-3-11-8/h1-5,10H,6H2. The molecule has 1 aromatic carbocycles. The summed E-state index contributed by atoms with van der Waals surface area (Å²) >= 11 is 0. The second-order valence-electron chi connectivity index (χ2n) is 2.45. The van der Waals surface area contributed by atoms with Crippen molar-refractivity contribution in [2.24, 2.45) is 0 Å². The first-order valence-corrected chi connectivity index (χ1v) is 3.62. The number of rotatable bonds is 1. The quantitative estimate of drug-likeness (QED) is 0.682. The van der Waals surface area contributed by atoms with Crippen LogP contribution in [0.1, 0.15) is 5.56 Å². The third kappa shape index (κ3) is 1.14. The summed E-state index contributed by atoms with van der Waals surface area (Å²) in [6.07, 6.45) is 2.93. The van der Waals surface area contributed by atoms with Gasteiger partial charge in [-0.3, -0.25) is 0 Å². The lowest BCUT2D eigenvalue weighted by atomic mass is 10.2. The summed E-state index contributed by atoms with van der Waals surface area (Å²) in [7, 11) is 0. The highest BCUT2D eigenvalue weighted by atomic mass is 16.5. The van der Waals surface area contributed by atoms with Gasteiger partial charge >= 0.3 is 0 Å². The number of ether oxygens (including phenoxy) is 2. The lowest BCUT2D eigenvalue weighted by Crippen LogP contribution is -1.96. The molecule has 0 unspecified atom stereocenters. The molecular weight excluding hydrogens is 156 g/mol. The van der Waals surface area contributed by atoms with Crippen LogP contribution in [0.15, 0.2) is 30.7 Å². The Hall–Kier alpha value is -1.48. The number of hydrogen-bond donors (Lipinski definition) is 1. The molecule has 1 aliphatic heterocycles. The van der Waals surface area contributed by atoms with Crippen LogP contribution in [0.5, 0.6) is 11.5 Å². The average Bonchev–Trinajstić information content (AvgIpc) is 2.17. The summed E-state index contributed by atoms with van der Waals surface area (Å²) in [4.78, 5) is 0. The molecule has 0 radical (unpaired) electrons. The van der Waals surface area contributed by atoms with Gasteiger partial charge in [-0.2, -0.15) is 0 Å². The van der Waals surface area contributed by atoms with E-state index in [4.69, 9.17) is 14.6 Å². The van der Waals surface area contributed by atoms with Crippen LogP contribution in [0.3, 0.4) is 0 Å². The summed E-state index contributed by atoms with van der Waals surface area (Å²) < 4.78 is 10.3. The Balaban J connectivity index is 2.39. The van der Waals surface area contributed by atoms with E-state index in [1.165, 1.54) is 12.5 Å². The Morgan fingerprint density at radius 2 is 1.83 bits per heavy atom. The van der Waals surface area contributed by atoms with Crippen LogP contribution in [0.4, 0.5) is 0 Å². The highest BCUT2D eigenvalue weighted by molar-refractivity contribution is 5.44. The number of hydrogen-bond acceptors (Lipinski definition) is 3. The van der Waals surface area contributed by atoms with Crippen LogP contribution in [0.25, 0.3) is 0 Å². The fourth-order valence-electron chi connectivity index (χ4n) is 1.04. The predicted octanol–water partition coefficient (Wildman–Crippen LogP) is 1.42. The molecule has 62 valence electrons. The maximum absolute atomic E-state index is 8.82. The van der Waals surface area contributed by atoms with E-state index in [9.17, 15) is 0 Å². The summed E-state index contributed by atoms with van der Waals surface area (Å²) in [6, 6.07) is 5.31. The van der Waals surface area contributed by atoms with E-state index in [1.54, 1.807) is 18.2 Å². The van der Waals surface area contributed by atoms with Crippen molar-refractivity contribution in [3.8, 4) is 11.5 Å². The van der Waals surface area contributed by atoms with E-state index in [1.807, 2.05) is 0 Å². The van der Waals surface area contributed by atoms with Crippen molar-refractivity contribution in [2.45, 2.75) is 6.61 Å².